The van der Waals surface area contributed by atoms with Crippen LogP contribution in [0.15, 0.2) is 30.3 Å². The van der Waals surface area contributed by atoms with E-state index in [0.717, 1.165) is 5.56 Å². The summed E-state index contributed by atoms with van der Waals surface area (Å²) in [7, 11) is 0. The lowest BCUT2D eigenvalue weighted by atomic mass is 10.2. The van der Waals surface area contributed by atoms with Crippen LogP contribution in [0.5, 0.6) is 5.75 Å². The summed E-state index contributed by atoms with van der Waals surface area (Å²) in [5.41, 5.74) is 5.69. The van der Waals surface area contributed by atoms with Crippen LogP contribution in [0.1, 0.15) is 12.5 Å². The molecule has 0 heterocycles. The lowest BCUT2D eigenvalue weighted by Crippen LogP contribution is -2.05. The van der Waals surface area contributed by atoms with Crippen molar-refractivity contribution in [3.63, 3.8) is 0 Å². The van der Waals surface area contributed by atoms with Crippen molar-refractivity contribution in [2.75, 3.05) is 0 Å². The summed E-state index contributed by atoms with van der Waals surface area (Å²) >= 11 is 0. The first-order valence-corrected chi connectivity index (χ1v) is 4.34. The van der Waals surface area contributed by atoms with Gasteiger partial charge in [0.25, 0.3) is 0 Å². The molecule has 0 atom stereocenters. The van der Waals surface area contributed by atoms with E-state index in [1.165, 1.54) is 13.0 Å². The topological polar surface area (TPSA) is 69.4 Å². The van der Waals surface area contributed by atoms with Crippen molar-refractivity contribution in [1.29, 1.82) is 0 Å². The highest BCUT2D eigenvalue weighted by atomic mass is 16.5. The van der Waals surface area contributed by atoms with E-state index >= 15 is 0 Å². The second-order valence-corrected chi connectivity index (χ2v) is 2.90. The first-order chi connectivity index (χ1) is 7.08. The average Bonchev–Trinajstić information content (AvgIpc) is 2.14. The fourth-order valence-corrected chi connectivity index (χ4v) is 1.03. The number of rotatable bonds is 3. The molecular weight excluding hydrogens is 194 g/mol. The molecule has 0 unspecified atom stereocenters. The normalized spacial score (nSPS) is 10.2. The van der Waals surface area contributed by atoms with Gasteiger partial charge in [0.1, 0.15) is 5.75 Å². The standard InChI is InChI=1S/C11H11NO3/c1-8(13)15-10-4-2-3-9(7-10)5-6-11(12)14/h2-7H,1H3,(H2,12,14)/b6-5-. The van der Waals surface area contributed by atoms with Gasteiger partial charge in [0.2, 0.25) is 5.91 Å². The zero-order valence-electron chi connectivity index (χ0n) is 8.27. The van der Waals surface area contributed by atoms with Crippen molar-refractivity contribution < 1.29 is 14.3 Å². The quantitative estimate of drug-likeness (QED) is 0.456. The molecule has 15 heavy (non-hydrogen) atoms. The van der Waals surface area contributed by atoms with Gasteiger partial charge in [-0.05, 0) is 23.8 Å². The predicted molar refractivity (Wildman–Crippen MR) is 56.0 cm³/mol. The molecule has 4 heteroatoms. The number of nitrogens with two attached hydrogens (primary N) is 1. The van der Waals surface area contributed by atoms with E-state index in [2.05, 4.69) is 0 Å². The van der Waals surface area contributed by atoms with Crippen LogP contribution in [0.4, 0.5) is 0 Å². The Morgan fingerprint density at radius 3 is 2.73 bits per heavy atom. The van der Waals surface area contributed by atoms with Gasteiger partial charge < -0.3 is 10.5 Å². The molecule has 1 aromatic carbocycles. The fourth-order valence-electron chi connectivity index (χ4n) is 1.03. The zero-order chi connectivity index (χ0) is 11.3. The largest absolute Gasteiger partial charge is 0.427 e. The summed E-state index contributed by atoms with van der Waals surface area (Å²) in [6.45, 7) is 1.33. The Hall–Kier alpha value is -2.10. The number of carbonyl (C=O) groups is 2. The highest BCUT2D eigenvalue weighted by molar-refractivity contribution is 5.90. The van der Waals surface area contributed by atoms with Crippen LogP contribution in [-0.4, -0.2) is 11.9 Å². The summed E-state index contributed by atoms with van der Waals surface area (Å²) in [4.78, 5) is 21.2. The summed E-state index contributed by atoms with van der Waals surface area (Å²) in [6, 6.07) is 6.79. The number of ether oxygens (including phenoxy) is 1. The Morgan fingerprint density at radius 2 is 2.13 bits per heavy atom. The predicted octanol–water partition coefficient (Wildman–Crippen LogP) is 1.11. The third kappa shape index (κ3) is 4.08. The molecule has 0 radical (unpaired) electrons. The molecule has 0 aliphatic carbocycles. The number of benzene rings is 1. The van der Waals surface area contributed by atoms with Crippen LogP contribution in [0, 0.1) is 0 Å². The van der Waals surface area contributed by atoms with Crippen molar-refractivity contribution in [2.24, 2.45) is 5.73 Å². The van der Waals surface area contributed by atoms with Crippen LogP contribution >= 0.6 is 0 Å². The maximum atomic E-state index is 10.7. The molecule has 0 aromatic heterocycles. The molecule has 0 aliphatic heterocycles. The molecule has 78 valence electrons. The minimum Gasteiger partial charge on any atom is -0.427 e. The van der Waals surface area contributed by atoms with Crippen molar-refractivity contribution in [3.05, 3.63) is 35.9 Å². The van der Waals surface area contributed by atoms with Crippen molar-refractivity contribution in [2.45, 2.75) is 6.92 Å². The molecule has 0 fully saturated rings. The molecular formula is C11H11NO3. The molecule has 2 N–H and O–H groups in total. The van der Waals surface area contributed by atoms with E-state index in [-0.39, 0.29) is 5.97 Å². The molecule has 4 nitrogen and oxygen atoms in total. The van der Waals surface area contributed by atoms with Crippen molar-refractivity contribution in [1.82, 2.24) is 0 Å². The molecule has 1 aromatic rings. The van der Waals surface area contributed by atoms with Crippen LogP contribution in [0.2, 0.25) is 0 Å². The van der Waals surface area contributed by atoms with Gasteiger partial charge >= 0.3 is 5.97 Å². The highest BCUT2D eigenvalue weighted by Gasteiger charge is 1.97. The first kappa shape index (κ1) is 11.0. The summed E-state index contributed by atoms with van der Waals surface area (Å²) in [5, 5.41) is 0. The lowest BCUT2D eigenvalue weighted by molar-refractivity contribution is -0.131. The van der Waals surface area contributed by atoms with Crippen molar-refractivity contribution >= 4 is 18.0 Å². The monoisotopic (exact) mass is 205 g/mol. The molecule has 0 saturated carbocycles. The first-order valence-electron chi connectivity index (χ1n) is 4.34. The van der Waals surface area contributed by atoms with Gasteiger partial charge in [0.05, 0.1) is 0 Å². The number of amides is 1. The van der Waals surface area contributed by atoms with Crippen LogP contribution in [0.25, 0.3) is 6.08 Å². The maximum absolute atomic E-state index is 10.7. The van der Waals surface area contributed by atoms with Crippen LogP contribution in [-0.2, 0) is 9.59 Å². The van der Waals surface area contributed by atoms with Gasteiger partial charge in [0, 0.05) is 13.0 Å². The molecule has 1 rings (SSSR count). The third-order valence-electron chi connectivity index (χ3n) is 1.56. The van der Waals surface area contributed by atoms with E-state index < -0.39 is 5.91 Å². The minimum absolute atomic E-state index is 0.383. The summed E-state index contributed by atoms with van der Waals surface area (Å²) in [6.07, 6.45) is 2.79. The van der Waals surface area contributed by atoms with E-state index in [4.69, 9.17) is 10.5 Å². The van der Waals surface area contributed by atoms with E-state index in [1.807, 2.05) is 0 Å². The molecule has 0 bridgehead atoms. The Balaban J connectivity index is 2.82. The Labute approximate surface area is 87.3 Å². The molecule has 0 saturated heterocycles. The number of carbonyl (C=O) groups excluding carboxylic acids is 2. The van der Waals surface area contributed by atoms with E-state index in [0.29, 0.717) is 5.75 Å². The fraction of sp³-hybridized carbons (Fsp3) is 0.0909. The van der Waals surface area contributed by atoms with Crippen molar-refractivity contribution in [3.8, 4) is 5.75 Å². The lowest BCUT2D eigenvalue weighted by Gasteiger charge is -2.01. The second-order valence-electron chi connectivity index (χ2n) is 2.90. The van der Waals surface area contributed by atoms with Crippen LogP contribution in [0.3, 0.4) is 0 Å². The van der Waals surface area contributed by atoms with Crippen LogP contribution < -0.4 is 10.5 Å². The Bertz CT molecular complexity index is 410. The van der Waals surface area contributed by atoms with Gasteiger partial charge in [-0.15, -0.1) is 0 Å². The molecule has 1 amide bonds. The number of hydrogen-bond donors (Lipinski definition) is 1. The van der Waals surface area contributed by atoms with Gasteiger partial charge in [0.15, 0.2) is 0 Å². The van der Waals surface area contributed by atoms with Gasteiger partial charge in [-0.2, -0.15) is 0 Å². The zero-order valence-corrected chi connectivity index (χ0v) is 8.27. The SMILES string of the molecule is CC(=O)Oc1cccc(/C=C\C(N)=O)c1. The maximum Gasteiger partial charge on any atom is 0.308 e. The number of primary amides is 1. The number of esters is 1. The number of hydrogen-bond acceptors (Lipinski definition) is 3. The average molecular weight is 205 g/mol. The smallest absolute Gasteiger partial charge is 0.308 e. The Kier molecular flexibility index (Phi) is 3.62. The minimum atomic E-state index is -0.520. The second kappa shape index (κ2) is 4.95. The molecule has 0 spiro atoms. The highest BCUT2D eigenvalue weighted by Crippen LogP contribution is 2.14. The summed E-state index contributed by atoms with van der Waals surface area (Å²) < 4.78 is 4.87. The van der Waals surface area contributed by atoms with Gasteiger partial charge in [-0.25, -0.2) is 0 Å². The summed E-state index contributed by atoms with van der Waals surface area (Å²) in [5.74, 6) is -0.465. The Morgan fingerprint density at radius 1 is 1.40 bits per heavy atom. The molecule has 0 aliphatic rings. The third-order valence-corrected chi connectivity index (χ3v) is 1.56. The van der Waals surface area contributed by atoms with E-state index in [9.17, 15) is 9.59 Å². The van der Waals surface area contributed by atoms with Gasteiger partial charge in [-0.3, -0.25) is 9.59 Å². The van der Waals surface area contributed by atoms with E-state index in [1.54, 1.807) is 30.3 Å². The van der Waals surface area contributed by atoms with Gasteiger partial charge in [-0.1, -0.05) is 12.1 Å².